The number of carbonyl (C=O) groups is 1. The Balaban J connectivity index is 0.000000967. The molecular formula is C31H39N3O2. The van der Waals surface area contributed by atoms with E-state index in [1.165, 1.54) is 36.8 Å². The third-order valence-corrected chi connectivity index (χ3v) is 6.93. The Bertz CT molecular complexity index is 1150. The molecule has 0 bridgehead atoms. The number of amides is 1. The molecule has 5 heteroatoms. The van der Waals surface area contributed by atoms with E-state index < -0.39 is 0 Å². The Hall–Kier alpha value is -3.21. The van der Waals surface area contributed by atoms with Gasteiger partial charge in [-0.3, -0.25) is 4.79 Å². The molecule has 1 heterocycles. The van der Waals surface area contributed by atoms with E-state index in [1.54, 1.807) is 7.11 Å². The first-order valence-electron chi connectivity index (χ1n) is 13.5. The second-order valence-corrected chi connectivity index (χ2v) is 9.85. The number of aromatic nitrogens is 2. The highest BCUT2D eigenvalue weighted by molar-refractivity contribution is 5.90. The van der Waals surface area contributed by atoms with Gasteiger partial charge in [-0.15, -0.1) is 0 Å². The second kappa shape index (κ2) is 12.7. The molecule has 0 aliphatic heterocycles. The van der Waals surface area contributed by atoms with Crippen LogP contribution in [0, 0.1) is 0 Å². The van der Waals surface area contributed by atoms with E-state index in [4.69, 9.17) is 14.7 Å². The molecule has 1 aromatic heterocycles. The number of hydrogen-bond acceptors (Lipinski definition) is 4. The fourth-order valence-corrected chi connectivity index (χ4v) is 5.11. The maximum atomic E-state index is 12.9. The van der Waals surface area contributed by atoms with Crippen molar-refractivity contribution in [2.24, 2.45) is 0 Å². The fourth-order valence-electron chi connectivity index (χ4n) is 5.11. The predicted molar refractivity (Wildman–Crippen MR) is 147 cm³/mol. The van der Waals surface area contributed by atoms with Gasteiger partial charge in [0, 0.05) is 17.9 Å². The average molecular weight is 486 g/mol. The summed E-state index contributed by atoms with van der Waals surface area (Å²) in [6.07, 6.45) is 10.0. The first-order chi connectivity index (χ1) is 17.6. The molecule has 5 rings (SSSR count). The molecule has 0 unspecified atom stereocenters. The Morgan fingerprint density at radius 3 is 2.47 bits per heavy atom. The minimum atomic E-state index is 0.00566. The van der Waals surface area contributed by atoms with Crippen LogP contribution in [0.15, 0.2) is 48.5 Å². The zero-order valence-corrected chi connectivity index (χ0v) is 22.0. The number of benzene rings is 2. The van der Waals surface area contributed by atoms with Crippen LogP contribution >= 0.6 is 0 Å². The van der Waals surface area contributed by atoms with Crippen molar-refractivity contribution in [2.45, 2.75) is 84.0 Å². The van der Waals surface area contributed by atoms with Gasteiger partial charge in [0.2, 0.25) is 5.91 Å². The lowest BCUT2D eigenvalue weighted by atomic mass is 9.85. The molecule has 0 atom stereocenters. The van der Waals surface area contributed by atoms with E-state index in [0.29, 0.717) is 18.2 Å². The van der Waals surface area contributed by atoms with E-state index in [2.05, 4.69) is 43.4 Å². The summed E-state index contributed by atoms with van der Waals surface area (Å²) in [6, 6.07) is 16.3. The highest BCUT2D eigenvalue weighted by Crippen LogP contribution is 2.39. The Morgan fingerprint density at radius 2 is 1.75 bits per heavy atom. The molecule has 190 valence electrons. The van der Waals surface area contributed by atoms with Gasteiger partial charge in [-0.2, -0.15) is 0 Å². The van der Waals surface area contributed by atoms with Crippen LogP contribution in [0.25, 0.3) is 11.3 Å². The number of hydrogen-bond donors (Lipinski definition) is 1. The Labute approximate surface area is 215 Å². The summed E-state index contributed by atoms with van der Waals surface area (Å²) in [5.41, 5.74) is 6.48. The number of carbonyl (C=O) groups excluding carboxylic acids is 1. The fraction of sp³-hybridized carbons (Fsp3) is 0.452. The average Bonchev–Trinajstić information content (AvgIpc) is 2.92. The van der Waals surface area contributed by atoms with Crippen molar-refractivity contribution < 1.29 is 9.53 Å². The quantitative estimate of drug-likeness (QED) is 0.398. The number of methoxy groups -OCH3 is 1. The van der Waals surface area contributed by atoms with Crippen LogP contribution in [0.3, 0.4) is 0 Å². The number of ether oxygens (including phenoxy) is 1. The molecule has 1 N–H and O–H groups in total. The Kier molecular flexibility index (Phi) is 9.10. The van der Waals surface area contributed by atoms with Crippen molar-refractivity contribution in [2.75, 3.05) is 12.4 Å². The third-order valence-electron chi connectivity index (χ3n) is 6.93. The van der Waals surface area contributed by atoms with Crippen molar-refractivity contribution in [3.8, 4) is 17.0 Å². The normalized spacial score (nSPS) is 14.6. The number of nitrogens with zero attached hydrogens (tertiary/aromatic N) is 2. The molecule has 2 aromatic carbocycles. The van der Waals surface area contributed by atoms with E-state index in [0.717, 1.165) is 60.5 Å². The van der Waals surface area contributed by atoms with Gasteiger partial charge in [0.1, 0.15) is 5.75 Å². The van der Waals surface area contributed by atoms with E-state index in [9.17, 15) is 4.79 Å². The molecule has 0 radical (unpaired) electrons. The van der Waals surface area contributed by atoms with Crippen LogP contribution in [0.4, 0.5) is 5.82 Å². The summed E-state index contributed by atoms with van der Waals surface area (Å²) in [5, 5.41) is 3.14. The predicted octanol–water partition coefficient (Wildman–Crippen LogP) is 7.29. The molecule has 0 saturated heterocycles. The summed E-state index contributed by atoms with van der Waals surface area (Å²) in [4.78, 5) is 23.1. The van der Waals surface area contributed by atoms with Gasteiger partial charge < -0.3 is 10.1 Å². The van der Waals surface area contributed by atoms with Crippen LogP contribution < -0.4 is 10.1 Å². The van der Waals surface area contributed by atoms with Crippen molar-refractivity contribution in [1.82, 2.24) is 9.97 Å². The van der Waals surface area contributed by atoms with Crippen LogP contribution in [-0.2, 0) is 24.1 Å². The number of aryl methyl sites for hydroxylation is 3. The third kappa shape index (κ3) is 6.31. The van der Waals surface area contributed by atoms with Gasteiger partial charge in [-0.05, 0) is 61.4 Å². The number of rotatable bonds is 6. The first-order valence-corrected chi connectivity index (χ1v) is 13.5. The minimum absolute atomic E-state index is 0.00566. The molecule has 1 amide bonds. The van der Waals surface area contributed by atoms with Crippen LogP contribution in [0.1, 0.15) is 87.2 Å². The summed E-state index contributed by atoms with van der Waals surface area (Å²) in [7, 11) is 1.70. The van der Waals surface area contributed by atoms with Gasteiger partial charge in [0.25, 0.3) is 0 Å². The molecule has 1 fully saturated rings. The monoisotopic (exact) mass is 485 g/mol. The zero-order valence-electron chi connectivity index (χ0n) is 22.0. The summed E-state index contributed by atoms with van der Waals surface area (Å²) in [6.45, 7) is 4.25. The SMILES string of the molecule is CCC.COc1ccc2c(c1)CCc1nc(NC(=O)CCc3ccccc3)c(C3CCCCC3)nc1-2. The molecule has 1 saturated carbocycles. The zero-order chi connectivity index (χ0) is 25.3. The second-order valence-electron chi connectivity index (χ2n) is 9.85. The van der Waals surface area contributed by atoms with Gasteiger partial charge in [-0.25, -0.2) is 9.97 Å². The van der Waals surface area contributed by atoms with Gasteiger partial charge >= 0.3 is 0 Å². The lowest BCUT2D eigenvalue weighted by molar-refractivity contribution is -0.116. The minimum Gasteiger partial charge on any atom is -0.497 e. The highest BCUT2D eigenvalue weighted by atomic mass is 16.5. The summed E-state index contributed by atoms with van der Waals surface area (Å²) in [5.74, 6) is 1.91. The maximum absolute atomic E-state index is 12.9. The van der Waals surface area contributed by atoms with Crippen molar-refractivity contribution in [1.29, 1.82) is 0 Å². The standard InChI is InChI=1S/C28H31N3O2.C3H8/c1-33-22-14-15-23-21(18-22)13-16-24-27(23)31-26(20-10-6-3-7-11-20)28(29-24)30-25(32)17-12-19-8-4-2-5-9-19;1-3-2/h2,4-5,8-9,14-15,18,20H,3,6-7,10-13,16-17H2,1H3,(H,29,30,32);3H2,1-2H3. The van der Waals surface area contributed by atoms with Gasteiger partial charge in [-0.1, -0.05) is 69.9 Å². The smallest absolute Gasteiger partial charge is 0.225 e. The number of anilines is 1. The van der Waals surface area contributed by atoms with Crippen LogP contribution in [0.2, 0.25) is 0 Å². The largest absolute Gasteiger partial charge is 0.497 e. The number of fused-ring (bicyclic) bond motifs is 3. The molecule has 2 aliphatic rings. The summed E-state index contributed by atoms with van der Waals surface area (Å²) >= 11 is 0. The van der Waals surface area contributed by atoms with E-state index in [-0.39, 0.29) is 5.91 Å². The molecule has 2 aliphatic carbocycles. The van der Waals surface area contributed by atoms with E-state index >= 15 is 0 Å². The molecular weight excluding hydrogens is 446 g/mol. The lowest BCUT2D eigenvalue weighted by Crippen LogP contribution is -2.20. The highest BCUT2D eigenvalue weighted by Gasteiger charge is 2.27. The number of nitrogens with one attached hydrogen (secondary N) is 1. The summed E-state index contributed by atoms with van der Waals surface area (Å²) < 4.78 is 5.42. The van der Waals surface area contributed by atoms with Crippen LogP contribution in [0.5, 0.6) is 5.75 Å². The molecule has 36 heavy (non-hydrogen) atoms. The van der Waals surface area contributed by atoms with Crippen molar-refractivity contribution in [3.63, 3.8) is 0 Å². The maximum Gasteiger partial charge on any atom is 0.225 e. The molecule has 3 aromatic rings. The molecule has 5 nitrogen and oxygen atoms in total. The first kappa shape index (κ1) is 25.9. The van der Waals surface area contributed by atoms with Gasteiger partial charge in [0.15, 0.2) is 5.82 Å². The Morgan fingerprint density at radius 1 is 1.00 bits per heavy atom. The van der Waals surface area contributed by atoms with Gasteiger partial charge in [0.05, 0.1) is 24.2 Å². The van der Waals surface area contributed by atoms with E-state index in [1.807, 2.05) is 24.3 Å². The lowest BCUT2D eigenvalue weighted by Gasteiger charge is -2.26. The van der Waals surface area contributed by atoms with Crippen molar-refractivity contribution >= 4 is 11.7 Å². The van der Waals surface area contributed by atoms with Crippen LogP contribution in [-0.4, -0.2) is 23.0 Å². The molecule has 0 spiro atoms. The van der Waals surface area contributed by atoms with Crippen molar-refractivity contribution in [3.05, 3.63) is 71.0 Å². The topological polar surface area (TPSA) is 64.1 Å².